The fourth-order valence-electron chi connectivity index (χ4n) is 2.37. The van der Waals surface area contributed by atoms with Crippen LogP contribution < -0.4 is 10.6 Å². The third-order valence-electron chi connectivity index (χ3n) is 3.31. The van der Waals surface area contributed by atoms with Crippen LogP contribution in [0.4, 0.5) is 5.69 Å². The first kappa shape index (κ1) is 16.7. The van der Waals surface area contributed by atoms with E-state index in [4.69, 9.17) is 0 Å². The average Bonchev–Trinajstić information content (AvgIpc) is 2.45. The van der Waals surface area contributed by atoms with Crippen molar-refractivity contribution in [2.24, 2.45) is 0 Å². The Bertz CT molecular complexity index is 698. The summed E-state index contributed by atoms with van der Waals surface area (Å²) in [6, 6.07) is 12.6. The Kier molecular flexibility index (Phi) is 5.16. The molecule has 0 radical (unpaired) electrons. The molecule has 0 atom stereocenters. The van der Waals surface area contributed by atoms with E-state index in [0.29, 0.717) is 11.1 Å². The molecule has 120 valence electrons. The summed E-state index contributed by atoms with van der Waals surface area (Å²) < 4.78 is 0. The molecule has 23 heavy (non-hydrogen) atoms. The number of anilines is 1. The van der Waals surface area contributed by atoms with Gasteiger partial charge in [-0.15, -0.1) is 0 Å². The lowest BCUT2D eigenvalue weighted by Gasteiger charge is -2.10. The minimum absolute atomic E-state index is 0.0787. The molecular formula is C19H22N2O2. The molecule has 2 N–H and O–H groups in total. The van der Waals surface area contributed by atoms with Gasteiger partial charge in [0.1, 0.15) is 0 Å². The van der Waals surface area contributed by atoms with Crippen LogP contribution in [0, 0.1) is 13.8 Å². The number of hydrogen-bond acceptors (Lipinski definition) is 2. The maximum Gasteiger partial charge on any atom is 0.255 e. The predicted molar refractivity (Wildman–Crippen MR) is 92.9 cm³/mol. The molecule has 2 aromatic carbocycles. The Morgan fingerprint density at radius 2 is 1.30 bits per heavy atom. The zero-order valence-corrected chi connectivity index (χ0v) is 13.9. The molecule has 0 saturated carbocycles. The van der Waals surface area contributed by atoms with Gasteiger partial charge in [0.15, 0.2) is 0 Å². The SMILES string of the molecule is Cc1cc(C)cc(NC(=O)c2ccc(C(=O)NC(C)C)cc2)c1. The van der Waals surface area contributed by atoms with Gasteiger partial charge in [-0.25, -0.2) is 0 Å². The third-order valence-corrected chi connectivity index (χ3v) is 3.31. The number of hydrogen-bond donors (Lipinski definition) is 2. The molecule has 2 aromatic rings. The molecule has 4 heteroatoms. The summed E-state index contributed by atoms with van der Waals surface area (Å²) in [5.74, 6) is -0.327. The van der Waals surface area contributed by atoms with E-state index in [1.807, 2.05) is 39.8 Å². The molecule has 0 fully saturated rings. The molecule has 0 spiro atoms. The number of aryl methyl sites for hydroxylation is 2. The summed E-state index contributed by atoms with van der Waals surface area (Å²) in [7, 11) is 0. The van der Waals surface area contributed by atoms with Gasteiger partial charge in [0.2, 0.25) is 0 Å². The molecular weight excluding hydrogens is 288 g/mol. The number of carbonyl (C=O) groups excluding carboxylic acids is 2. The van der Waals surface area contributed by atoms with E-state index in [1.54, 1.807) is 24.3 Å². The monoisotopic (exact) mass is 310 g/mol. The Balaban J connectivity index is 2.09. The standard InChI is InChI=1S/C19H22N2O2/c1-12(2)20-18(22)15-5-7-16(8-6-15)19(23)21-17-10-13(3)9-14(4)11-17/h5-12H,1-4H3,(H,20,22)(H,21,23). The van der Waals surface area contributed by atoms with Crippen molar-refractivity contribution in [1.29, 1.82) is 0 Å². The fraction of sp³-hybridized carbons (Fsp3) is 0.263. The minimum atomic E-state index is -0.189. The van der Waals surface area contributed by atoms with Crippen LogP contribution in [-0.2, 0) is 0 Å². The molecule has 0 aliphatic carbocycles. The Morgan fingerprint density at radius 3 is 1.78 bits per heavy atom. The lowest BCUT2D eigenvalue weighted by molar-refractivity contribution is 0.0941. The number of benzene rings is 2. The van der Waals surface area contributed by atoms with Crippen molar-refractivity contribution in [3.63, 3.8) is 0 Å². The Morgan fingerprint density at radius 1 is 0.826 bits per heavy atom. The molecule has 4 nitrogen and oxygen atoms in total. The molecule has 2 amide bonds. The highest BCUT2D eigenvalue weighted by Crippen LogP contribution is 2.15. The van der Waals surface area contributed by atoms with Crippen LogP contribution in [0.15, 0.2) is 42.5 Å². The van der Waals surface area contributed by atoms with Crippen LogP contribution in [0.5, 0.6) is 0 Å². The first-order valence-corrected chi connectivity index (χ1v) is 7.66. The van der Waals surface area contributed by atoms with Gasteiger partial charge in [0.05, 0.1) is 0 Å². The molecule has 2 rings (SSSR count). The van der Waals surface area contributed by atoms with E-state index in [-0.39, 0.29) is 17.9 Å². The van der Waals surface area contributed by atoms with Gasteiger partial charge in [-0.1, -0.05) is 6.07 Å². The fourth-order valence-corrected chi connectivity index (χ4v) is 2.37. The third kappa shape index (κ3) is 4.68. The summed E-state index contributed by atoms with van der Waals surface area (Å²) in [5, 5.41) is 5.70. The average molecular weight is 310 g/mol. The maximum absolute atomic E-state index is 12.3. The van der Waals surface area contributed by atoms with Crippen molar-refractivity contribution in [3.05, 3.63) is 64.7 Å². The van der Waals surface area contributed by atoms with Gasteiger partial charge in [-0.3, -0.25) is 9.59 Å². The summed E-state index contributed by atoms with van der Waals surface area (Å²) in [6.07, 6.45) is 0. The first-order chi connectivity index (χ1) is 10.8. The van der Waals surface area contributed by atoms with Gasteiger partial charge in [0.25, 0.3) is 11.8 Å². The van der Waals surface area contributed by atoms with Crippen molar-refractivity contribution in [3.8, 4) is 0 Å². The number of nitrogens with one attached hydrogen (secondary N) is 2. The van der Waals surface area contributed by atoms with E-state index >= 15 is 0 Å². The predicted octanol–water partition coefficient (Wildman–Crippen LogP) is 3.69. The molecule has 0 bridgehead atoms. The molecule has 0 aliphatic heterocycles. The van der Waals surface area contributed by atoms with Gasteiger partial charge in [-0.05, 0) is 75.2 Å². The van der Waals surface area contributed by atoms with Crippen molar-refractivity contribution < 1.29 is 9.59 Å². The van der Waals surface area contributed by atoms with Crippen LogP contribution in [0.1, 0.15) is 45.7 Å². The van der Waals surface area contributed by atoms with Crippen LogP contribution in [0.25, 0.3) is 0 Å². The van der Waals surface area contributed by atoms with Crippen molar-refractivity contribution in [1.82, 2.24) is 5.32 Å². The summed E-state index contributed by atoms with van der Waals surface area (Å²) >= 11 is 0. The van der Waals surface area contributed by atoms with Gasteiger partial charge in [0, 0.05) is 22.9 Å². The molecule has 0 aliphatic rings. The maximum atomic E-state index is 12.3. The van der Waals surface area contributed by atoms with Gasteiger partial charge < -0.3 is 10.6 Å². The highest BCUT2D eigenvalue weighted by atomic mass is 16.2. The smallest absolute Gasteiger partial charge is 0.255 e. The van der Waals surface area contributed by atoms with E-state index < -0.39 is 0 Å². The quantitative estimate of drug-likeness (QED) is 0.904. The highest BCUT2D eigenvalue weighted by Gasteiger charge is 2.10. The zero-order chi connectivity index (χ0) is 17.0. The first-order valence-electron chi connectivity index (χ1n) is 7.66. The second-order valence-electron chi connectivity index (χ2n) is 6.04. The van der Waals surface area contributed by atoms with Crippen LogP contribution in [0.3, 0.4) is 0 Å². The summed E-state index contributed by atoms with van der Waals surface area (Å²) in [5.41, 5.74) is 4.03. The molecule has 0 unspecified atom stereocenters. The summed E-state index contributed by atoms with van der Waals surface area (Å²) in [6.45, 7) is 7.79. The lowest BCUT2D eigenvalue weighted by Crippen LogP contribution is -2.30. The number of amides is 2. The van der Waals surface area contributed by atoms with Crippen LogP contribution in [0.2, 0.25) is 0 Å². The van der Waals surface area contributed by atoms with E-state index in [2.05, 4.69) is 16.7 Å². The Labute approximate surface area is 136 Å². The normalized spacial score (nSPS) is 10.5. The number of carbonyl (C=O) groups is 2. The van der Waals surface area contributed by atoms with E-state index in [0.717, 1.165) is 16.8 Å². The van der Waals surface area contributed by atoms with Crippen LogP contribution in [-0.4, -0.2) is 17.9 Å². The highest BCUT2D eigenvalue weighted by molar-refractivity contribution is 6.05. The second kappa shape index (κ2) is 7.09. The lowest BCUT2D eigenvalue weighted by atomic mass is 10.1. The topological polar surface area (TPSA) is 58.2 Å². The van der Waals surface area contributed by atoms with Crippen molar-refractivity contribution in [2.45, 2.75) is 33.7 Å². The molecule has 0 heterocycles. The van der Waals surface area contributed by atoms with Crippen molar-refractivity contribution in [2.75, 3.05) is 5.32 Å². The minimum Gasteiger partial charge on any atom is -0.350 e. The van der Waals surface area contributed by atoms with Crippen LogP contribution >= 0.6 is 0 Å². The molecule has 0 aromatic heterocycles. The van der Waals surface area contributed by atoms with Gasteiger partial charge in [-0.2, -0.15) is 0 Å². The largest absolute Gasteiger partial charge is 0.350 e. The van der Waals surface area contributed by atoms with E-state index in [9.17, 15) is 9.59 Å². The molecule has 0 saturated heterocycles. The Hall–Kier alpha value is -2.62. The zero-order valence-electron chi connectivity index (χ0n) is 13.9. The number of rotatable bonds is 4. The second-order valence-corrected chi connectivity index (χ2v) is 6.04. The van der Waals surface area contributed by atoms with E-state index in [1.165, 1.54) is 0 Å². The van der Waals surface area contributed by atoms with Crippen molar-refractivity contribution >= 4 is 17.5 Å². The van der Waals surface area contributed by atoms with Gasteiger partial charge >= 0.3 is 0 Å². The summed E-state index contributed by atoms with van der Waals surface area (Å²) in [4.78, 5) is 24.2.